The van der Waals surface area contributed by atoms with E-state index in [1.807, 2.05) is 6.92 Å². The largest absolute Gasteiger partial charge is 0.497 e. The summed E-state index contributed by atoms with van der Waals surface area (Å²) < 4.78 is 24.7. The highest BCUT2D eigenvalue weighted by Crippen LogP contribution is 2.38. The number of carbonyl (C=O) groups is 1. The van der Waals surface area contributed by atoms with Gasteiger partial charge in [0, 0.05) is 5.56 Å². The van der Waals surface area contributed by atoms with E-state index in [-0.39, 0.29) is 5.56 Å². The van der Waals surface area contributed by atoms with Crippen LogP contribution >= 0.6 is 0 Å². The van der Waals surface area contributed by atoms with Crippen molar-refractivity contribution in [2.45, 2.75) is 13.3 Å². The summed E-state index contributed by atoms with van der Waals surface area (Å²) >= 11 is 0. The van der Waals surface area contributed by atoms with Crippen LogP contribution in [-0.2, 0) is 6.42 Å². The number of halogens is 1. The van der Waals surface area contributed by atoms with Gasteiger partial charge in [-0.3, -0.25) is 9.89 Å². The summed E-state index contributed by atoms with van der Waals surface area (Å²) in [5.41, 5.74) is 2.31. The highest BCUT2D eigenvalue weighted by molar-refractivity contribution is 6.06. The Labute approximate surface area is 156 Å². The van der Waals surface area contributed by atoms with Gasteiger partial charge < -0.3 is 14.8 Å². The number of benzene rings is 2. The Balaban J connectivity index is 2.06. The van der Waals surface area contributed by atoms with Gasteiger partial charge in [-0.2, -0.15) is 5.10 Å². The number of aromatic nitrogens is 2. The average Bonchev–Trinajstić information content (AvgIpc) is 3.10. The minimum Gasteiger partial charge on any atom is -0.497 e. The fourth-order valence-electron chi connectivity index (χ4n) is 2.79. The Morgan fingerprint density at radius 1 is 1.19 bits per heavy atom. The number of carbonyl (C=O) groups excluding carboxylic acids is 1. The van der Waals surface area contributed by atoms with Crippen LogP contribution in [0.2, 0.25) is 0 Å². The van der Waals surface area contributed by atoms with E-state index in [9.17, 15) is 9.18 Å². The first-order valence-electron chi connectivity index (χ1n) is 8.44. The SMILES string of the molecule is CCc1[nH]nc(-c2cc(OC)ccc2OC)c1NC(=O)c1ccccc1F. The molecule has 140 valence electrons. The van der Waals surface area contributed by atoms with E-state index in [0.717, 1.165) is 5.69 Å². The van der Waals surface area contributed by atoms with Gasteiger partial charge in [0.25, 0.3) is 5.91 Å². The molecule has 1 heterocycles. The molecule has 0 aliphatic heterocycles. The Morgan fingerprint density at radius 3 is 2.63 bits per heavy atom. The Bertz CT molecular complexity index is 969. The summed E-state index contributed by atoms with van der Waals surface area (Å²) in [7, 11) is 3.12. The molecule has 3 rings (SSSR count). The van der Waals surface area contributed by atoms with Gasteiger partial charge in [-0.05, 0) is 36.8 Å². The van der Waals surface area contributed by atoms with Crippen molar-refractivity contribution in [2.24, 2.45) is 0 Å². The van der Waals surface area contributed by atoms with Gasteiger partial charge in [0.2, 0.25) is 0 Å². The highest BCUT2D eigenvalue weighted by Gasteiger charge is 2.21. The van der Waals surface area contributed by atoms with Crippen molar-refractivity contribution in [1.82, 2.24) is 10.2 Å². The second-order valence-electron chi connectivity index (χ2n) is 5.78. The lowest BCUT2D eigenvalue weighted by Crippen LogP contribution is -2.15. The molecule has 3 aromatic rings. The van der Waals surface area contributed by atoms with E-state index in [1.165, 1.54) is 18.2 Å². The minimum absolute atomic E-state index is 0.0377. The number of ether oxygens (including phenoxy) is 2. The van der Waals surface area contributed by atoms with Gasteiger partial charge in [-0.1, -0.05) is 19.1 Å². The predicted molar refractivity (Wildman–Crippen MR) is 101 cm³/mol. The van der Waals surface area contributed by atoms with E-state index in [1.54, 1.807) is 38.5 Å². The predicted octanol–water partition coefficient (Wildman–Crippen LogP) is 4.05. The summed E-state index contributed by atoms with van der Waals surface area (Å²) in [6, 6.07) is 11.1. The number of hydrogen-bond acceptors (Lipinski definition) is 4. The summed E-state index contributed by atoms with van der Waals surface area (Å²) in [5, 5.41) is 10.1. The first-order chi connectivity index (χ1) is 13.1. The van der Waals surface area contributed by atoms with Gasteiger partial charge in [0.05, 0.1) is 31.2 Å². The van der Waals surface area contributed by atoms with E-state index in [0.29, 0.717) is 34.9 Å². The molecule has 1 aromatic heterocycles. The Hall–Kier alpha value is -3.35. The zero-order valence-corrected chi connectivity index (χ0v) is 15.3. The van der Waals surface area contributed by atoms with Crippen molar-refractivity contribution in [3.05, 3.63) is 59.5 Å². The summed E-state index contributed by atoms with van der Waals surface area (Å²) in [4.78, 5) is 12.6. The van der Waals surface area contributed by atoms with Crippen molar-refractivity contribution in [1.29, 1.82) is 0 Å². The molecule has 27 heavy (non-hydrogen) atoms. The number of aryl methyl sites for hydroxylation is 1. The molecule has 0 bridgehead atoms. The Kier molecular flexibility index (Phi) is 5.40. The standard InChI is InChI=1S/C20H20FN3O3/c1-4-16-19(22-20(25)13-7-5-6-8-15(13)21)18(24-23-16)14-11-12(26-2)9-10-17(14)27-3/h5-11H,4H2,1-3H3,(H,22,25)(H,23,24). The van der Waals surface area contributed by atoms with E-state index >= 15 is 0 Å². The molecule has 0 radical (unpaired) electrons. The van der Waals surface area contributed by atoms with E-state index < -0.39 is 11.7 Å². The molecule has 0 saturated carbocycles. The smallest absolute Gasteiger partial charge is 0.258 e. The maximum atomic E-state index is 14.0. The summed E-state index contributed by atoms with van der Waals surface area (Å²) in [5.74, 6) is 0.0638. The quantitative estimate of drug-likeness (QED) is 0.687. The van der Waals surface area contributed by atoms with Crippen LogP contribution in [0, 0.1) is 5.82 Å². The van der Waals surface area contributed by atoms with E-state index in [2.05, 4.69) is 15.5 Å². The molecule has 0 saturated heterocycles. The fourth-order valence-corrected chi connectivity index (χ4v) is 2.79. The van der Waals surface area contributed by atoms with Crippen molar-refractivity contribution in [2.75, 3.05) is 19.5 Å². The topological polar surface area (TPSA) is 76.2 Å². The average molecular weight is 369 g/mol. The molecular weight excluding hydrogens is 349 g/mol. The third-order valence-corrected chi connectivity index (χ3v) is 4.21. The lowest BCUT2D eigenvalue weighted by Gasteiger charge is -2.12. The van der Waals surface area contributed by atoms with Crippen LogP contribution in [0.4, 0.5) is 10.1 Å². The number of rotatable bonds is 6. The number of nitrogens with zero attached hydrogens (tertiary/aromatic N) is 1. The van der Waals surface area contributed by atoms with Crippen molar-refractivity contribution >= 4 is 11.6 Å². The third-order valence-electron chi connectivity index (χ3n) is 4.21. The summed E-state index contributed by atoms with van der Waals surface area (Å²) in [6.07, 6.45) is 0.603. The highest BCUT2D eigenvalue weighted by atomic mass is 19.1. The molecule has 6 nitrogen and oxygen atoms in total. The van der Waals surface area contributed by atoms with Crippen LogP contribution < -0.4 is 14.8 Å². The van der Waals surface area contributed by atoms with Crippen LogP contribution in [0.1, 0.15) is 23.0 Å². The van der Waals surface area contributed by atoms with Gasteiger partial charge in [0.15, 0.2) is 0 Å². The second-order valence-corrected chi connectivity index (χ2v) is 5.78. The van der Waals surface area contributed by atoms with Crippen molar-refractivity contribution in [3.63, 3.8) is 0 Å². The number of nitrogens with one attached hydrogen (secondary N) is 2. The molecule has 0 atom stereocenters. The van der Waals surface area contributed by atoms with Crippen LogP contribution in [0.3, 0.4) is 0 Å². The number of aromatic amines is 1. The molecular formula is C20H20FN3O3. The molecule has 0 spiro atoms. The molecule has 0 aliphatic carbocycles. The molecule has 7 heteroatoms. The second kappa shape index (κ2) is 7.90. The molecule has 0 fully saturated rings. The zero-order chi connectivity index (χ0) is 19.4. The monoisotopic (exact) mass is 369 g/mol. The fraction of sp³-hybridized carbons (Fsp3) is 0.200. The van der Waals surface area contributed by atoms with Crippen LogP contribution in [-0.4, -0.2) is 30.3 Å². The normalized spacial score (nSPS) is 10.5. The number of amides is 1. The molecule has 0 unspecified atom stereocenters. The molecule has 1 amide bonds. The molecule has 2 N–H and O–H groups in total. The molecule has 0 aliphatic rings. The lowest BCUT2D eigenvalue weighted by molar-refractivity contribution is 0.102. The Morgan fingerprint density at radius 2 is 1.96 bits per heavy atom. The number of methoxy groups -OCH3 is 2. The van der Waals surface area contributed by atoms with Gasteiger partial charge in [0.1, 0.15) is 23.0 Å². The van der Waals surface area contributed by atoms with Crippen LogP contribution in [0.15, 0.2) is 42.5 Å². The number of H-pyrrole nitrogens is 1. The van der Waals surface area contributed by atoms with Crippen molar-refractivity contribution < 1.29 is 18.7 Å². The van der Waals surface area contributed by atoms with Crippen molar-refractivity contribution in [3.8, 4) is 22.8 Å². The van der Waals surface area contributed by atoms with Crippen LogP contribution in [0.5, 0.6) is 11.5 Å². The lowest BCUT2D eigenvalue weighted by atomic mass is 10.1. The first-order valence-corrected chi connectivity index (χ1v) is 8.44. The van der Waals surface area contributed by atoms with E-state index in [4.69, 9.17) is 9.47 Å². The number of hydrogen-bond donors (Lipinski definition) is 2. The van der Waals surface area contributed by atoms with Gasteiger partial charge >= 0.3 is 0 Å². The van der Waals surface area contributed by atoms with Gasteiger partial charge in [-0.15, -0.1) is 0 Å². The first kappa shape index (κ1) is 18.4. The summed E-state index contributed by atoms with van der Waals surface area (Å²) in [6.45, 7) is 1.93. The minimum atomic E-state index is -0.586. The van der Waals surface area contributed by atoms with Crippen LogP contribution in [0.25, 0.3) is 11.3 Å². The van der Waals surface area contributed by atoms with Gasteiger partial charge in [-0.25, -0.2) is 4.39 Å². The zero-order valence-electron chi connectivity index (χ0n) is 15.3. The maximum absolute atomic E-state index is 14.0. The maximum Gasteiger partial charge on any atom is 0.258 e. The number of anilines is 1. The third kappa shape index (κ3) is 3.62. The molecule has 2 aromatic carbocycles.